The Kier molecular flexibility index (Phi) is 61.5. The van der Waals surface area contributed by atoms with Crippen LogP contribution in [0.2, 0.25) is 54.4 Å². The first-order valence-electron chi connectivity index (χ1n) is 32.1. The number of esters is 3. The van der Waals surface area contributed by atoms with Crippen LogP contribution in [0, 0.1) is 26.6 Å². The molecule has 39 heteroatoms. The topological polar surface area (TPSA) is 413 Å². The molecule has 4 saturated heterocycles. The van der Waals surface area contributed by atoms with Gasteiger partial charge in [-0.15, -0.1) is 14.7 Å². The lowest BCUT2D eigenvalue weighted by Gasteiger charge is -2.39. The molecule has 5 radical (unpaired) electrons. The van der Waals surface area contributed by atoms with Crippen LogP contribution in [-0.2, 0) is 51.4 Å². The minimum atomic E-state index is -3.67. The summed E-state index contributed by atoms with van der Waals surface area (Å²) >= 11 is 0. The average Bonchev–Trinajstić information content (AvgIpc) is 1.56. The Morgan fingerprint density at radius 1 is 0.530 bits per heavy atom. The summed E-state index contributed by atoms with van der Waals surface area (Å²) in [7, 11) is 4.61. The van der Waals surface area contributed by atoms with E-state index in [1.54, 1.807) is 5.01 Å². The zero-order valence-electron chi connectivity index (χ0n) is 60.7. The van der Waals surface area contributed by atoms with E-state index in [4.69, 9.17) is 38.8 Å². The zero-order chi connectivity index (χ0) is 74.6. The molecule has 6 rings (SSSR count). The van der Waals surface area contributed by atoms with Gasteiger partial charge in [0.2, 0.25) is 0 Å². The van der Waals surface area contributed by atoms with Crippen LogP contribution in [0.25, 0.3) is 0 Å². The number of nitroso groups, excluding NO2 is 3. The first-order valence-corrected chi connectivity index (χ1v) is 40.8. The fourth-order valence-electron chi connectivity index (χ4n) is 9.54. The number of carbonyl (C=O) groups excluding carboxylic acids is 3. The quantitative estimate of drug-likeness (QED) is 0.0238. The molecule has 100 heavy (non-hydrogen) atoms. The van der Waals surface area contributed by atoms with E-state index < -0.39 is 86.7 Å². The van der Waals surface area contributed by atoms with Crippen molar-refractivity contribution in [2.45, 2.75) is 285 Å². The Balaban J connectivity index is -0.000000164. The maximum absolute atomic E-state index is 11.8. The maximum atomic E-state index is 11.8. The number of carbonyl (C=O) groups is 4. The van der Waals surface area contributed by atoms with Gasteiger partial charge in [0, 0.05) is 61.9 Å². The van der Waals surface area contributed by atoms with Crippen LogP contribution in [0.5, 0.6) is 0 Å². The molecule has 6 fully saturated rings. The Morgan fingerprint density at radius 3 is 1.14 bits per heavy atom. The van der Waals surface area contributed by atoms with Crippen molar-refractivity contribution in [1.82, 2.24) is 20.0 Å². The number of halogens is 3. The number of aliphatic carboxylic acids is 1. The van der Waals surface area contributed by atoms with E-state index in [1.807, 2.05) is 13.8 Å². The van der Waals surface area contributed by atoms with Crippen LogP contribution in [0.15, 0.2) is 15.9 Å². The summed E-state index contributed by atoms with van der Waals surface area (Å²) in [4.78, 5) is 75.4. The number of carboxylic acid groups (broad SMARTS) is 1. The van der Waals surface area contributed by atoms with Gasteiger partial charge < -0.3 is 68.3 Å². The molecule has 0 aromatic rings. The highest BCUT2D eigenvalue weighted by Crippen LogP contribution is 2.42. The van der Waals surface area contributed by atoms with Crippen molar-refractivity contribution in [3.63, 3.8) is 0 Å². The molecule has 0 spiro atoms. The van der Waals surface area contributed by atoms with Gasteiger partial charge in [-0.2, -0.15) is 0 Å². The summed E-state index contributed by atoms with van der Waals surface area (Å²) in [5, 5.41) is 68.7. The summed E-state index contributed by atoms with van der Waals surface area (Å²) in [6.07, 6.45) is 5.05. The van der Waals surface area contributed by atoms with E-state index in [9.17, 15) is 67.3 Å². The van der Waals surface area contributed by atoms with E-state index in [-0.39, 0.29) is 106 Å². The maximum Gasteiger partial charge on any atom is 0.762 e. The molecule has 589 valence electrons. The monoisotopic (exact) mass is 1500 g/mol. The Morgan fingerprint density at radius 2 is 0.840 bits per heavy atom. The van der Waals surface area contributed by atoms with Crippen molar-refractivity contribution in [2.24, 2.45) is 33.5 Å². The number of ether oxygens (including phenoxy) is 4. The van der Waals surface area contributed by atoms with Gasteiger partial charge in [0.1, 0.15) is 0 Å². The number of hydrazine groups is 1. The first kappa shape index (κ1) is 112. The molecule has 29 nitrogen and oxygen atoms in total. The standard InChI is InChI=1S/C12H24N2O4Si.C11H24N2O3Si.C11H26N2O2Si.C7H12O3.C6H10N2O4.C6H10O3.C4H10O.4CH4.B3.BF3.H2O/c1-12(2,3)19(5,6)18-9-7-8-14(13-16)10(9)11(15)17-4;1-11(2,3)17(4,5)16-10-6-7-13(12-15)9(10)8-14;1-11(2,3)16(4,5)15-10-6-7-13(12)9(10)8-14;1-10-7(9)5-3-2-4-6(5)8;1-12-6(10)5-4(9)2-3-8(5)7-11;7-5-3-1-2-4(5)6(8)9;1-3-5-4-2;;;;;1-3-2;2-1(3)4;/h9-10H,7-8H2,1-6H3;9-10,14H,6-8H2,1-5H3;9-10,14H,6-8,12H2,1-5H3;5-6,8H,2-4H2,1H3;4-5,9H,2-3H2,1H3;4-5,7H,1-3H2,(H,8,9);3-4H2,1-2H3;4*1H4;;;1H2/t9-,10-;2*9-,10+;5-,6-;2*4-,5-;;;;;;;;/m011000......../s1. The van der Waals surface area contributed by atoms with E-state index in [0.717, 1.165) is 70.4 Å². The van der Waals surface area contributed by atoms with Gasteiger partial charge in [-0.25, -0.2) is 24.6 Å². The van der Waals surface area contributed by atoms with E-state index in [0.29, 0.717) is 45.3 Å². The lowest BCUT2D eigenvalue weighted by atomic mass is 9.40. The highest BCUT2D eigenvalue weighted by Gasteiger charge is 2.49. The molecule has 10 N–H and O–H groups in total. The number of aliphatic hydroxyl groups is 5. The fraction of sp³-hybridized carbons (Fsp3) is 0.934. The molecule has 0 aromatic carbocycles. The molecule has 12 atom stereocenters. The Hall–Kier alpha value is -3.70. The molecular weight excluding hydrogens is 1370 g/mol. The molecule has 0 bridgehead atoms. The van der Waals surface area contributed by atoms with Gasteiger partial charge in [-0.1, -0.05) is 92.0 Å². The zero-order valence-corrected chi connectivity index (χ0v) is 63.7. The number of aliphatic hydroxyl groups excluding tert-OH is 5. The minimum Gasteiger partial charge on any atom is -0.481 e. The van der Waals surface area contributed by atoms with Crippen molar-refractivity contribution >= 4 is 78.9 Å². The summed E-state index contributed by atoms with van der Waals surface area (Å²) in [6, 6.07) is -1.94. The van der Waals surface area contributed by atoms with Gasteiger partial charge in [0.15, 0.2) is 37.0 Å². The molecular formula is C61H134B4F3N8O21Si3. The highest BCUT2D eigenvalue weighted by atomic mass is 28.4. The molecule has 6 aliphatic rings. The predicted molar refractivity (Wildman–Crippen MR) is 398 cm³/mol. The largest absolute Gasteiger partial charge is 0.762 e. The van der Waals surface area contributed by atoms with Crippen LogP contribution in [-0.4, -0.2) is 270 Å². The summed E-state index contributed by atoms with van der Waals surface area (Å²) in [6.45, 7) is 40.5. The third-order valence-corrected chi connectivity index (χ3v) is 31.7. The smallest absolute Gasteiger partial charge is 0.481 e. The predicted octanol–water partition coefficient (Wildman–Crippen LogP) is 8.08. The summed E-state index contributed by atoms with van der Waals surface area (Å²) in [5.41, 5.74) is 0. The van der Waals surface area contributed by atoms with Crippen LogP contribution in [0.4, 0.5) is 12.9 Å². The molecule has 0 amide bonds. The third kappa shape index (κ3) is 39.4. The van der Waals surface area contributed by atoms with Gasteiger partial charge >= 0.3 is 31.4 Å². The molecule has 2 aliphatic carbocycles. The van der Waals surface area contributed by atoms with Crippen molar-refractivity contribution in [3.05, 3.63) is 14.7 Å². The number of hydrogen-bond donors (Lipinski definition) is 7. The fourth-order valence-corrected chi connectivity index (χ4v) is 13.7. The Labute approximate surface area is 604 Å². The van der Waals surface area contributed by atoms with Crippen LogP contribution in [0.3, 0.4) is 0 Å². The van der Waals surface area contributed by atoms with E-state index >= 15 is 0 Å². The number of nitrogens with two attached hydrogens (primary N) is 1. The van der Waals surface area contributed by atoms with Crippen molar-refractivity contribution in [3.8, 4) is 0 Å². The molecule has 0 aromatic heterocycles. The van der Waals surface area contributed by atoms with Gasteiger partial charge in [-0.05, 0) is 132 Å². The minimum absolute atomic E-state index is 0. The number of methoxy groups -OCH3 is 3. The molecule has 0 unspecified atom stereocenters. The molecule has 4 aliphatic heterocycles. The van der Waals surface area contributed by atoms with Gasteiger partial charge in [-0.3, -0.25) is 33.4 Å². The van der Waals surface area contributed by atoms with Gasteiger partial charge in [0.25, 0.3) is 0 Å². The SMILES string of the molecule is C.C.C.C.CC(C)(C)[Si](C)(C)O[C@H]1CCN(N)[C@@H]1CO.CC(C)(C)[Si](C)(C)O[C@H]1CCN(N=O)[C@@H]1CO.CCOCC.COC(=O)[C@@H]1[C@@H](O)CCN1N=O.COC(=O)[C@@H]1[C@@H](O[Si](C)(C)C(C)(C)C)CCN1N=O.COC(=O)[C@H]1CCC[C@@H]1O.FB(F)F.O.O=C(O)[C@H]1CCC[C@@H]1O.[B][B][B]. The van der Waals surface area contributed by atoms with E-state index in [1.165, 1.54) is 31.3 Å². The highest BCUT2D eigenvalue weighted by molar-refractivity contribution is 7.17. The number of rotatable bonds is 17. The van der Waals surface area contributed by atoms with E-state index in [2.05, 4.69) is 142 Å². The second kappa shape index (κ2) is 54.9. The summed E-state index contributed by atoms with van der Waals surface area (Å²) in [5.74, 6) is 2.84. The number of hydrogen-bond acceptors (Lipinski definition) is 24. The first-order chi connectivity index (χ1) is 43.8. The lowest BCUT2D eigenvalue weighted by molar-refractivity contribution is -0.149. The average molecular weight is 1500 g/mol. The van der Waals surface area contributed by atoms with Crippen LogP contribution in [0.1, 0.15) is 170 Å². The lowest BCUT2D eigenvalue weighted by Crippen LogP contribution is -2.50. The Bertz CT molecular complexity index is 2200. The van der Waals surface area contributed by atoms with Gasteiger partial charge in [0.05, 0.1) is 111 Å². The second-order valence-corrected chi connectivity index (χ2v) is 41.9. The van der Waals surface area contributed by atoms with Crippen LogP contribution < -0.4 is 5.84 Å². The molecule has 4 heterocycles. The van der Waals surface area contributed by atoms with Crippen LogP contribution >= 0.6 is 0 Å². The van der Waals surface area contributed by atoms with Crippen molar-refractivity contribution < 1.29 is 100 Å². The second-order valence-electron chi connectivity index (χ2n) is 27.7. The number of nitrogens with zero attached hydrogens (tertiary/aromatic N) is 7. The summed E-state index contributed by atoms with van der Waals surface area (Å²) < 4.78 is 66.2. The number of carboxylic acids is 1. The van der Waals surface area contributed by atoms with Crippen molar-refractivity contribution in [2.75, 3.05) is 73.9 Å². The third-order valence-electron chi connectivity index (χ3n) is 18.2. The normalized spacial score (nSPS) is 24.3. The van der Waals surface area contributed by atoms with Crippen molar-refractivity contribution in [1.29, 1.82) is 0 Å². The molecule has 2 saturated carbocycles.